The van der Waals surface area contributed by atoms with Crippen molar-refractivity contribution in [2.45, 2.75) is 26.2 Å². The van der Waals surface area contributed by atoms with Crippen LogP contribution in [0.1, 0.15) is 29.4 Å². The first kappa shape index (κ1) is 17.4. The molecule has 138 valence electrons. The molecule has 3 aromatic rings. The molecule has 4 rings (SSSR count). The van der Waals surface area contributed by atoms with Gasteiger partial charge in [-0.3, -0.25) is 9.78 Å². The first-order chi connectivity index (χ1) is 13.0. The third kappa shape index (κ3) is 3.74. The number of hydrogen-bond acceptors (Lipinski definition) is 5. The molecule has 6 nitrogen and oxygen atoms in total. The van der Waals surface area contributed by atoms with Crippen molar-refractivity contribution in [3.05, 3.63) is 70.3 Å². The molecule has 0 spiro atoms. The molecule has 3 heterocycles. The number of pyridine rings is 2. The fourth-order valence-electron chi connectivity index (χ4n) is 3.15. The Morgan fingerprint density at radius 3 is 2.78 bits per heavy atom. The van der Waals surface area contributed by atoms with E-state index in [-0.39, 0.29) is 5.56 Å². The van der Waals surface area contributed by atoms with Gasteiger partial charge in [0.2, 0.25) is 5.88 Å². The van der Waals surface area contributed by atoms with Crippen LogP contribution in [0, 0.1) is 19.8 Å². The van der Waals surface area contributed by atoms with E-state index in [1.54, 1.807) is 25.5 Å². The second-order valence-electron chi connectivity index (χ2n) is 7.17. The van der Waals surface area contributed by atoms with Gasteiger partial charge in [-0.1, -0.05) is 6.07 Å². The number of nitrogens with zero attached hydrogens (tertiary/aromatic N) is 4. The molecule has 1 aliphatic rings. The highest BCUT2D eigenvalue weighted by atomic mass is 16.5. The van der Waals surface area contributed by atoms with Crippen LogP contribution in [0.2, 0.25) is 0 Å². The molecule has 0 aliphatic heterocycles. The minimum Gasteiger partial charge on any atom is -0.477 e. The molecule has 1 saturated carbocycles. The first-order valence-electron chi connectivity index (χ1n) is 9.07. The Hall–Kier alpha value is -3.02. The fraction of sp³-hybridized carbons (Fsp3) is 0.333. The van der Waals surface area contributed by atoms with E-state index in [1.807, 2.05) is 26.1 Å². The van der Waals surface area contributed by atoms with Crippen LogP contribution in [0.25, 0.3) is 11.1 Å². The van der Waals surface area contributed by atoms with E-state index in [0.717, 1.165) is 23.2 Å². The molecule has 2 atom stereocenters. The van der Waals surface area contributed by atoms with Gasteiger partial charge < -0.3 is 9.30 Å². The molecule has 0 bridgehead atoms. The van der Waals surface area contributed by atoms with Gasteiger partial charge in [-0.25, -0.2) is 4.98 Å². The molecular weight excluding hydrogens is 340 g/mol. The Morgan fingerprint density at radius 1 is 1.19 bits per heavy atom. The summed E-state index contributed by atoms with van der Waals surface area (Å²) in [6, 6.07) is 7.65. The SMILES string of the molecule is Cc1ccc([C@H]2C[C@@H]2COc2nc(C)ncc2-c2ccn(C)c(=O)c2)nc1. The minimum atomic E-state index is -0.0771. The largest absolute Gasteiger partial charge is 0.477 e. The molecule has 6 heteroatoms. The quantitative estimate of drug-likeness (QED) is 0.698. The van der Waals surface area contributed by atoms with Gasteiger partial charge in [0.05, 0.1) is 12.2 Å². The Balaban J connectivity index is 1.51. The summed E-state index contributed by atoms with van der Waals surface area (Å²) in [4.78, 5) is 25.2. The molecular formula is C21H22N4O2. The van der Waals surface area contributed by atoms with Crippen molar-refractivity contribution in [1.82, 2.24) is 19.5 Å². The number of rotatable bonds is 5. The fourth-order valence-corrected chi connectivity index (χ4v) is 3.15. The van der Waals surface area contributed by atoms with Crippen LogP contribution >= 0.6 is 0 Å². The van der Waals surface area contributed by atoms with E-state index in [9.17, 15) is 4.79 Å². The van der Waals surface area contributed by atoms with Gasteiger partial charge in [-0.05, 0) is 43.5 Å². The highest BCUT2D eigenvalue weighted by Gasteiger charge is 2.40. The maximum atomic E-state index is 12.0. The van der Waals surface area contributed by atoms with Crippen LogP contribution < -0.4 is 10.3 Å². The third-order valence-corrected chi connectivity index (χ3v) is 4.96. The van der Waals surface area contributed by atoms with Crippen molar-refractivity contribution >= 4 is 0 Å². The predicted octanol–water partition coefficient (Wildman–Crippen LogP) is 3.04. The Labute approximate surface area is 157 Å². The molecule has 3 aromatic heterocycles. The molecule has 0 unspecified atom stereocenters. The zero-order valence-electron chi connectivity index (χ0n) is 15.7. The lowest BCUT2D eigenvalue weighted by molar-refractivity contribution is 0.285. The number of hydrogen-bond donors (Lipinski definition) is 0. The molecule has 0 aromatic carbocycles. The van der Waals surface area contributed by atoms with E-state index in [1.165, 1.54) is 10.1 Å². The lowest BCUT2D eigenvalue weighted by Gasteiger charge is -2.11. The Bertz CT molecular complexity index is 1030. The molecule has 27 heavy (non-hydrogen) atoms. The van der Waals surface area contributed by atoms with Crippen molar-refractivity contribution in [3.8, 4) is 17.0 Å². The number of ether oxygens (including phenoxy) is 1. The second-order valence-corrected chi connectivity index (χ2v) is 7.17. The molecule has 0 radical (unpaired) electrons. The standard InChI is InChI=1S/C21H22N4O2/c1-13-4-5-19(23-10-13)17-8-16(17)12-27-21-18(11-22-14(2)24-21)15-6-7-25(3)20(26)9-15/h4-7,9-11,16-17H,8,12H2,1-3H3/t16-,17+/m1/s1. The van der Waals surface area contributed by atoms with Crippen LogP contribution in [0.3, 0.4) is 0 Å². The normalized spacial score (nSPS) is 18.3. The third-order valence-electron chi connectivity index (χ3n) is 4.96. The van der Waals surface area contributed by atoms with E-state index < -0.39 is 0 Å². The monoisotopic (exact) mass is 362 g/mol. The maximum Gasteiger partial charge on any atom is 0.250 e. The summed E-state index contributed by atoms with van der Waals surface area (Å²) in [6.45, 7) is 4.45. The summed E-state index contributed by atoms with van der Waals surface area (Å²) in [5.74, 6) is 2.05. The average molecular weight is 362 g/mol. The second kappa shape index (κ2) is 6.95. The molecule has 0 amide bonds. The molecule has 0 saturated heterocycles. The first-order valence-corrected chi connectivity index (χ1v) is 9.07. The van der Waals surface area contributed by atoms with Crippen molar-refractivity contribution in [1.29, 1.82) is 0 Å². The van der Waals surface area contributed by atoms with Crippen LogP contribution in [-0.2, 0) is 7.05 Å². The topological polar surface area (TPSA) is 69.9 Å². The van der Waals surface area contributed by atoms with Gasteiger partial charge in [0.15, 0.2) is 0 Å². The van der Waals surface area contributed by atoms with Crippen molar-refractivity contribution in [2.75, 3.05) is 6.61 Å². The average Bonchev–Trinajstić information content (AvgIpc) is 3.43. The zero-order valence-corrected chi connectivity index (χ0v) is 15.7. The van der Waals surface area contributed by atoms with E-state index in [2.05, 4.69) is 27.1 Å². The zero-order chi connectivity index (χ0) is 19.0. The summed E-state index contributed by atoms with van der Waals surface area (Å²) in [7, 11) is 1.72. The smallest absolute Gasteiger partial charge is 0.250 e. The lowest BCUT2D eigenvalue weighted by Crippen LogP contribution is -2.14. The van der Waals surface area contributed by atoms with Crippen molar-refractivity contribution in [3.63, 3.8) is 0 Å². The molecule has 1 fully saturated rings. The summed E-state index contributed by atoms with van der Waals surface area (Å²) in [5.41, 5.74) is 3.72. The van der Waals surface area contributed by atoms with Crippen LogP contribution in [0.5, 0.6) is 5.88 Å². The van der Waals surface area contributed by atoms with Gasteiger partial charge in [0, 0.05) is 49.2 Å². The van der Waals surface area contributed by atoms with Crippen molar-refractivity contribution in [2.24, 2.45) is 13.0 Å². The van der Waals surface area contributed by atoms with E-state index in [0.29, 0.717) is 30.1 Å². The Kier molecular flexibility index (Phi) is 4.48. The van der Waals surface area contributed by atoms with Crippen LogP contribution in [0.15, 0.2) is 47.7 Å². The van der Waals surface area contributed by atoms with E-state index >= 15 is 0 Å². The Morgan fingerprint density at radius 2 is 2.04 bits per heavy atom. The molecule has 1 aliphatic carbocycles. The summed E-state index contributed by atoms with van der Waals surface area (Å²) in [6.07, 6.45) is 6.44. The van der Waals surface area contributed by atoms with Crippen molar-refractivity contribution < 1.29 is 4.74 Å². The predicted molar refractivity (Wildman–Crippen MR) is 103 cm³/mol. The summed E-state index contributed by atoms with van der Waals surface area (Å²) >= 11 is 0. The summed E-state index contributed by atoms with van der Waals surface area (Å²) < 4.78 is 7.58. The lowest BCUT2D eigenvalue weighted by atomic mass is 10.1. The number of aryl methyl sites for hydroxylation is 3. The highest BCUT2D eigenvalue weighted by molar-refractivity contribution is 5.67. The van der Waals surface area contributed by atoms with Gasteiger partial charge in [-0.15, -0.1) is 0 Å². The van der Waals surface area contributed by atoms with Crippen LogP contribution in [0.4, 0.5) is 0 Å². The maximum absolute atomic E-state index is 12.0. The minimum absolute atomic E-state index is 0.0771. The van der Waals surface area contributed by atoms with Gasteiger partial charge in [-0.2, -0.15) is 4.98 Å². The van der Waals surface area contributed by atoms with E-state index in [4.69, 9.17) is 4.74 Å². The summed E-state index contributed by atoms with van der Waals surface area (Å²) in [5, 5.41) is 0. The highest BCUT2D eigenvalue weighted by Crippen LogP contribution is 2.47. The van der Waals surface area contributed by atoms with Gasteiger partial charge in [0.1, 0.15) is 5.82 Å². The van der Waals surface area contributed by atoms with Crippen LogP contribution in [-0.4, -0.2) is 26.1 Å². The van der Waals surface area contributed by atoms with Gasteiger partial charge >= 0.3 is 0 Å². The van der Waals surface area contributed by atoms with Gasteiger partial charge in [0.25, 0.3) is 5.56 Å². The number of aromatic nitrogens is 4. The molecule has 0 N–H and O–H groups in total.